The molecule has 0 atom stereocenters. The van der Waals surface area contributed by atoms with Crippen LogP contribution in [0.5, 0.6) is 0 Å². The van der Waals surface area contributed by atoms with E-state index < -0.39 is 0 Å². The van der Waals surface area contributed by atoms with Crippen molar-refractivity contribution in [1.29, 1.82) is 5.26 Å². The first kappa shape index (κ1) is 7.90. The van der Waals surface area contributed by atoms with Crippen molar-refractivity contribution in [1.82, 2.24) is 0 Å². The van der Waals surface area contributed by atoms with Gasteiger partial charge in [-0.2, -0.15) is 5.26 Å². The van der Waals surface area contributed by atoms with Crippen LogP contribution in [0.3, 0.4) is 0 Å². The maximum Gasteiger partial charge on any atom is 0.169 e. The fraction of sp³-hybridized carbons (Fsp3) is 0.429. The van der Waals surface area contributed by atoms with E-state index in [4.69, 9.17) is 5.26 Å². The summed E-state index contributed by atoms with van der Waals surface area (Å²) in [5.41, 5.74) is 0.262. The Balaban J connectivity index is 4.20. The Labute approximate surface area is 54.8 Å². The van der Waals surface area contributed by atoms with Crippen molar-refractivity contribution in [3.8, 4) is 6.07 Å². The lowest BCUT2D eigenvalue weighted by Crippen LogP contribution is -1.92. The van der Waals surface area contributed by atoms with Crippen LogP contribution in [-0.4, -0.2) is 5.78 Å². The summed E-state index contributed by atoms with van der Waals surface area (Å²) >= 11 is 0. The Kier molecular flexibility index (Phi) is 3.38. The van der Waals surface area contributed by atoms with E-state index in [-0.39, 0.29) is 11.4 Å². The van der Waals surface area contributed by atoms with E-state index in [1.165, 1.54) is 6.92 Å². The number of nitriles is 1. The van der Waals surface area contributed by atoms with Crippen molar-refractivity contribution in [3.05, 3.63) is 11.6 Å². The Morgan fingerprint density at radius 3 is 2.44 bits per heavy atom. The van der Waals surface area contributed by atoms with Gasteiger partial charge in [-0.25, -0.2) is 0 Å². The first-order valence-corrected chi connectivity index (χ1v) is 2.83. The summed E-state index contributed by atoms with van der Waals surface area (Å²) in [7, 11) is 0. The molecule has 0 aliphatic heterocycles. The molecule has 0 unspecified atom stereocenters. The van der Waals surface area contributed by atoms with Crippen molar-refractivity contribution in [2.45, 2.75) is 20.3 Å². The molecule has 0 rings (SSSR count). The predicted octanol–water partition coefficient (Wildman–Crippen LogP) is 1.44. The first-order chi connectivity index (χ1) is 4.22. The van der Waals surface area contributed by atoms with E-state index in [0.717, 1.165) is 6.42 Å². The molecular formula is C7H9NO. The van der Waals surface area contributed by atoms with Crippen molar-refractivity contribution >= 4 is 5.78 Å². The number of nitrogens with zero attached hydrogens (tertiary/aromatic N) is 1. The number of Topliss-reactive ketones (excluding diaryl/α,β-unsaturated/α-hetero) is 1. The molecule has 9 heavy (non-hydrogen) atoms. The number of hydrogen-bond acceptors (Lipinski definition) is 2. The summed E-state index contributed by atoms with van der Waals surface area (Å²) in [5.74, 6) is -0.153. The maximum atomic E-state index is 10.5. The molecule has 0 aliphatic carbocycles. The summed E-state index contributed by atoms with van der Waals surface area (Å²) in [4.78, 5) is 10.5. The van der Waals surface area contributed by atoms with Crippen LogP contribution in [0.25, 0.3) is 0 Å². The number of ketones is 1. The van der Waals surface area contributed by atoms with Gasteiger partial charge in [0.05, 0.1) is 5.57 Å². The Bertz CT molecular complexity index is 174. The van der Waals surface area contributed by atoms with Crippen molar-refractivity contribution in [2.75, 3.05) is 0 Å². The molecule has 0 fully saturated rings. The highest BCUT2D eigenvalue weighted by Crippen LogP contribution is 1.94. The summed E-state index contributed by atoms with van der Waals surface area (Å²) in [6, 6.07) is 1.81. The second kappa shape index (κ2) is 3.85. The Hall–Kier alpha value is -1.10. The topological polar surface area (TPSA) is 40.9 Å². The molecule has 0 aromatic carbocycles. The zero-order valence-corrected chi connectivity index (χ0v) is 5.64. The maximum absolute atomic E-state index is 10.5. The average Bonchev–Trinajstić information content (AvgIpc) is 1.82. The third-order valence-corrected chi connectivity index (χ3v) is 0.908. The zero-order valence-electron chi connectivity index (χ0n) is 5.64. The van der Waals surface area contributed by atoms with Gasteiger partial charge in [0.15, 0.2) is 5.78 Å². The van der Waals surface area contributed by atoms with Gasteiger partial charge in [-0.3, -0.25) is 4.79 Å². The highest BCUT2D eigenvalue weighted by atomic mass is 16.1. The third-order valence-electron chi connectivity index (χ3n) is 0.908. The highest BCUT2D eigenvalue weighted by Gasteiger charge is 1.97. The van der Waals surface area contributed by atoms with Crippen LogP contribution in [0.4, 0.5) is 0 Å². The standard InChI is InChI=1S/C7H9NO/c1-3-4-7(5-8)6(2)9/h4H,3H2,1-2H3. The number of carbonyl (C=O) groups excluding carboxylic acids is 1. The van der Waals surface area contributed by atoms with Crippen LogP contribution >= 0.6 is 0 Å². The Morgan fingerprint density at radius 2 is 2.33 bits per heavy atom. The van der Waals surface area contributed by atoms with Gasteiger partial charge in [0.1, 0.15) is 6.07 Å². The number of allylic oxidation sites excluding steroid dienone is 2. The second-order valence-electron chi connectivity index (χ2n) is 1.69. The van der Waals surface area contributed by atoms with Crippen molar-refractivity contribution < 1.29 is 4.79 Å². The molecule has 0 heterocycles. The lowest BCUT2D eigenvalue weighted by atomic mass is 10.2. The highest BCUT2D eigenvalue weighted by molar-refractivity contribution is 5.96. The van der Waals surface area contributed by atoms with E-state index in [2.05, 4.69) is 0 Å². The monoisotopic (exact) mass is 123 g/mol. The average molecular weight is 123 g/mol. The molecule has 2 heteroatoms. The van der Waals surface area contributed by atoms with E-state index in [9.17, 15) is 4.79 Å². The minimum atomic E-state index is -0.153. The molecule has 2 nitrogen and oxygen atoms in total. The number of carbonyl (C=O) groups is 1. The SMILES string of the molecule is CCC=C(C#N)C(C)=O. The van der Waals surface area contributed by atoms with Crippen LogP contribution in [0, 0.1) is 11.3 Å². The molecule has 0 spiro atoms. The molecule has 0 aromatic heterocycles. The molecule has 0 aliphatic rings. The van der Waals surface area contributed by atoms with Gasteiger partial charge in [-0.1, -0.05) is 13.0 Å². The fourth-order valence-electron chi connectivity index (χ4n) is 0.472. The molecule has 0 saturated heterocycles. The summed E-state index contributed by atoms with van der Waals surface area (Å²) in [6.07, 6.45) is 2.37. The van der Waals surface area contributed by atoms with Crippen LogP contribution in [0.15, 0.2) is 11.6 Å². The van der Waals surface area contributed by atoms with E-state index in [1.807, 2.05) is 13.0 Å². The first-order valence-electron chi connectivity index (χ1n) is 2.83. The summed E-state index contributed by atoms with van der Waals surface area (Å²) < 4.78 is 0. The minimum Gasteiger partial charge on any atom is -0.294 e. The Morgan fingerprint density at radius 1 is 1.78 bits per heavy atom. The molecule has 0 aromatic rings. The van der Waals surface area contributed by atoms with E-state index in [0.29, 0.717) is 0 Å². The lowest BCUT2D eigenvalue weighted by molar-refractivity contribution is -0.113. The molecule has 48 valence electrons. The predicted molar refractivity (Wildman–Crippen MR) is 34.7 cm³/mol. The third kappa shape index (κ3) is 2.65. The van der Waals surface area contributed by atoms with Gasteiger partial charge in [-0.05, 0) is 13.3 Å². The summed E-state index contributed by atoms with van der Waals surface area (Å²) in [5, 5.41) is 8.29. The van der Waals surface area contributed by atoms with Gasteiger partial charge >= 0.3 is 0 Å². The number of rotatable bonds is 2. The molecule has 0 N–H and O–H groups in total. The zero-order chi connectivity index (χ0) is 7.28. The van der Waals surface area contributed by atoms with Gasteiger partial charge in [-0.15, -0.1) is 0 Å². The molecule has 0 amide bonds. The molecular weight excluding hydrogens is 114 g/mol. The quantitative estimate of drug-likeness (QED) is 0.411. The summed E-state index contributed by atoms with van der Waals surface area (Å²) in [6.45, 7) is 3.28. The van der Waals surface area contributed by atoms with Gasteiger partial charge < -0.3 is 0 Å². The van der Waals surface area contributed by atoms with Gasteiger partial charge in [0.25, 0.3) is 0 Å². The van der Waals surface area contributed by atoms with Crippen LogP contribution in [0.2, 0.25) is 0 Å². The normalized spacial score (nSPS) is 10.6. The fourth-order valence-corrected chi connectivity index (χ4v) is 0.472. The van der Waals surface area contributed by atoms with Gasteiger partial charge in [0.2, 0.25) is 0 Å². The van der Waals surface area contributed by atoms with Crippen LogP contribution in [-0.2, 0) is 4.79 Å². The van der Waals surface area contributed by atoms with Crippen LogP contribution in [0.1, 0.15) is 20.3 Å². The lowest BCUT2D eigenvalue weighted by Gasteiger charge is -1.85. The smallest absolute Gasteiger partial charge is 0.169 e. The van der Waals surface area contributed by atoms with Crippen molar-refractivity contribution in [3.63, 3.8) is 0 Å². The largest absolute Gasteiger partial charge is 0.294 e. The van der Waals surface area contributed by atoms with Gasteiger partial charge in [0, 0.05) is 0 Å². The van der Waals surface area contributed by atoms with Crippen LogP contribution < -0.4 is 0 Å². The van der Waals surface area contributed by atoms with E-state index >= 15 is 0 Å². The number of hydrogen-bond donors (Lipinski definition) is 0. The molecule has 0 saturated carbocycles. The van der Waals surface area contributed by atoms with Crippen molar-refractivity contribution in [2.24, 2.45) is 0 Å². The molecule has 0 bridgehead atoms. The minimum absolute atomic E-state index is 0.153. The molecule has 0 radical (unpaired) electrons. The van der Waals surface area contributed by atoms with E-state index in [1.54, 1.807) is 6.08 Å². The second-order valence-corrected chi connectivity index (χ2v) is 1.69.